The van der Waals surface area contributed by atoms with E-state index in [0.717, 1.165) is 22.0 Å². The molecule has 96 valence electrons. The van der Waals surface area contributed by atoms with Crippen LogP contribution in [-0.2, 0) is 0 Å². The summed E-state index contributed by atoms with van der Waals surface area (Å²) in [6.07, 6.45) is 5.92. The van der Waals surface area contributed by atoms with E-state index in [-0.39, 0.29) is 11.3 Å². The van der Waals surface area contributed by atoms with Gasteiger partial charge in [0.05, 0.1) is 19.3 Å². The summed E-state index contributed by atoms with van der Waals surface area (Å²) in [6, 6.07) is 8.00. The van der Waals surface area contributed by atoms with Crippen LogP contribution in [0.25, 0.3) is 16.8 Å². The van der Waals surface area contributed by atoms with Crippen LogP contribution in [0.5, 0.6) is 0 Å². The molecule has 0 fully saturated rings. The van der Waals surface area contributed by atoms with Gasteiger partial charge in [0.15, 0.2) is 5.78 Å². The summed E-state index contributed by atoms with van der Waals surface area (Å²) in [6.45, 7) is 6.72. The molecule has 1 unspecified atom stereocenters. The summed E-state index contributed by atoms with van der Waals surface area (Å²) >= 11 is 0. The molecule has 0 bridgehead atoms. The Bertz CT molecular complexity index is 697. The first-order valence-corrected chi connectivity index (χ1v) is 10.2. The van der Waals surface area contributed by atoms with Gasteiger partial charge in [-0.25, -0.2) is 0 Å². The smallest absolute Gasteiger partial charge is 0.169 e. The Morgan fingerprint density at radius 3 is 2.63 bits per heavy atom. The van der Waals surface area contributed by atoms with Gasteiger partial charge in [-0.15, -0.1) is 0 Å². The van der Waals surface area contributed by atoms with Gasteiger partial charge in [-0.2, -0.15) is 0 Å². The van der Waals surface area contributed by atoms with Crippen LogP contribution in [0.3, 0.4) is 0 Å². The minimum absolute atomic E-state index is 0.0626. The van der Waals surface area contributed by atoms with Crippen molar-refractivity contribution < 1.29 is 4.79 Å². The van der Waals surface area contributed by atoms with Crippen LogP contribution in [-0.4, -0.2) is 18.8 Å². The zero-order valence-electron chi connectivity index (χ0n) is 11.5. The van der Waals surface area contributed by atoms with Gasteiger partial charge in [0.25, 0.3) is 0 Å². The lowest BCUT2D eigenvalue weighted by Crippen LogP contribution is -2.34. The number of aromatic nitrogens is 1. The van der Waals surface area contributed by atoms with E-state index < -0.39 is 8.07 Å². The molecule has 3 rings (SSSR count). The van der Waals surface area contributed by atoms with Crippen molar-refractivity contribution in [2.75, 3.05) is 0 Å². The van der Waals surface area contributed by atoms with E-state index in [1.54, 1.807) is 0 Å². The summed E-state index contributed by atoms with van der Waals surface area (Å²) in [7, 11) is -1.54. The Labute approximate surface area is 114 Å². The molecule has 1 aliphatic rings. The Morgan fingerprint density at radius 2 is 1.89 bits per heavy atom. The van der Waals surface area contributed by atoms with Gasteiger partial charge in [-0.05, 0) is 11.5 Å². The molecule has 1 aliphatic carbocycles. The first-order valence-electron chi connectivity index (χ1n) is 6.58. The fourth-order valence-corrected chi connectivity index (χ4v) is 4.28. The van der Waals surface area contributed by atoms with Gasteiger partial charge < -0.3 is 0 Å². The molecular formula is C16H17NOSi. The van der Waals surface area contributed by atoms with Crippen LogP contribution in [0, 0.1) is 0 Å². The molecule has 0 radical (unpaired) electrons. The molecule has 2 aromatic rings. The van der Waals surface area contributed by atoms with E-state index in [0.29, 0.717) is 0 Å². The largest absolute Gasteiger partial charge is 0.294 e. The van der Waals surface area contributed by atoms with E-state index in [4.69, 9.17) is 0 Å². The highest BCUT2D eigenvalue weighted by Gasteiger charge is 2.35. The van der Waals surface area contributed by atoms with Crippen molar-refractivity contribution in [2.24, 2.45) is 0 Å². The maximum atomic E-state index is 12.8. The highest BCUT2D eigenvalue weighted by molar-refractivity contribution is 6.81. The van der Waals surface area contributed by atoms with E-state index in [9.17, 15) is 4.79 Å². The zero-order chi connectivity index (χ0) is 13.6. The van der Waals surface area contributed by atoms with Crippen molar-refractivity contribution in [3.8, 4) is 0 Å². The number of ketones is 1. The first kappa shape index (κ1) is 12.3. The molecule has 0 aliphatic heterocycles. The van der Waals surface area contributed by atoms with Crippen molar-refractivity contribution in [1.82, 2.24) is 4.98 Å². The lowest BCUT2D eigenvalue weighted by atomic mass is 9.95. The van der Waals surface area contributed by atoms with E-state index in [1.165, 1.54) is 0 Å². The molecule has 1 atom stereocenters. The molecule has 19 heavy (non-hydrogen) atoms. The monoisotopic (exact) mass is 267 g/mol. The average molecular weight is 267 g/mol. The predicted octanol–water partition coefficient (Wildman–Crippen LogP) is 4.15. The van der Waals surface area contributed by atoms with Crippen molar-refractivity contribution in [3.05, 3.63) is 47.8 Å². The second-order valence-electron chi connectivity index (χ2n) is 6.17. The normalized spacial score (nSPS) is 18.7. The lowest BCUT2D eigenvalue weighted by molar-refractivity contribution is 0.0993. The van der Waals surface area contributed by atoms with Crippen molar-refractivity contribution in [2.45, 2.75) is 25.2 Å². The van der Waals surface area contributed by atoms with Crippen LogP contribution in [0.2, 0.25) is 25.2 Å². The van der Waals surface area contributed by atoms with Gasteiger partial charge in [-0.1, -0.05) is 50.0 Å². The number of carbonyl (C=O) groups is 1. The Hall–Kier alpha value is -1.74. The summed E-state index contributed by atoms with van der Waals surface area (Å²) < 4.78 is 0. The number of hydrogen-bond acceptors (Lipinski definition) is 2. The Kier molecular flexibility index (Phi) is 2.68. The maximum Gasteiger partial charge on any atom is 0.169 e. The lowest BCUT2D eigenvalue weighted by Gasteiger charge is -2.28. The third-order valence-corrected chi connectivity index (χ3v) is 6.06. The fourth-order valence-electron chi connectivity index (χ4n) is 2.68. The zero-order valence-corrected chi connectivity index (χ0v) is 12.5. The number of rotatable bonds is 1. The van der Waals surface area contributed by atoms with Crippen LogP contribution < -0.4 is 0 Å². The summed E-state index contributed by atoms with van der Waals surface area (Å²) in [5.41, 5.74) is 1.69. The number of carbonyl (C=O) groups excluding carboxylic acids is 1. The van der Waals surface area contributed by atoms with E-state index >= 15 is 0 Å². The number of pyridine rings is 1. The van der Waals surface area contributed by atoms with Crippen LogP contribution in [0.4, 0.5) is 0 Å². The SMILES string of the molecule is C[Si](C)(C)C1C=Cc2ncc3ccccc3c2C1=O. The second-order valence-corrected chi connectivity index (χ2v) is 11.5. The standard InChI is InChI=1S/C16H17NOSi/c1-19(2,3)14-9-8-13-15(16(14)18)12-7-5-4-6-11(12)10-17-13/h4-10,14H,1-3H3. The van der Waals surface area contributed by atoms with E-state index in [2.05, 4.69) is 30.7 Å². The number of fused-ring (bicyclic) bond motifs is 3. The molecule has 0 amide bonds. The Morgan fingerprint density at radius 1 is 1.16 bits per heavy atom. The highest BCUT2D eigenvalue weighted by atomic mass is 28.3. The molecule has 0 spiro atoms. The first-order chi connectivity index (χ1) is 8.98. The quantitative estimate of drug-likeness (QED) is 0.726. The summed E-state index contributed by atoms with van der Waals surface area (Å²) in [5.74, 6) is 0.251. The number of hydrogen-bond donors (Lipinski definition) is 0. The topological polar surface area (TPSA) is 30.0 Å². The third-order valence-electron chi connectivity index (χ3n) is 3.74. The molecular weight excluding hydrogens is 250 g/mol. The third kappa shape index (κ3) is 1.94. The van der Waals surface area contributed by atoms with Gasteiger partial charge in [-0.3, -0.25) is 9.78 Å². The van der Waals surface area contributed by atoms with Gasteiger partial charge in [0.1, 0.15) is 0 Å². The van der Waals surface area contributed by atoms with Crippen LogP contribution in [0.1, 0.15) is 16.1 Å². The molecule has 0 N–H and O–H groups in total. The molecule has 3 heteroatoms. The molecule has 0 saturated heterocycles. The number of benzene rings is 1. The predicted molar refractivity (Wildman–Crippen MR) is 82.2 cm³/mol. The molecule has 0 saturated carbocycles. The summed E-state index contributed by atoms with van der Waals surface area (Å²) in [5, 5.41) is 2.07. The molecule has 1 aromatic carbocycles. The van der Waals surface area contributed by atoms with Gasteiger partial charge in [0.2, 0.25) is 0 Å². The number of Topliss-reactive ketones (excluding diaryl/α,β-unsaturated/α-hetero) is 1. The van der Waals surface area contributed by atoms with Gasteiger partial charge in [0, 0.05) is 17.1 Å². The minimum atomic E-state index is -1.54. The van der Waals surface area contributed by atoms with Gasteiger partial charge >= 0.3 is 0 Å². The minimum Gasteiger partial charge on any atom is -0.294 e. The number of nitrogens with zero attached hydrogens (tertiary/aromatic N) is 1. The maximum absolute atomic E-state index is 12.8. The van der Waals surface area contributed by atoms with E-state index in [1.807, 2.05) is 36.5 Å². The van der Waals surface area contributed by atoms with Crippen LogP contribution in [0.15, 0.2) is 36.5 Å². The highest BCUT2D eigenvalue weighted by Crippen LogP contribution is 2.36. The average Bonchev–Trinajstić information content (AvgIpc) is 2.37. The van der Waals surface area contributed by atoms with Crippen molar-refractivity contribution in [3.63, 3.8) is 0 Å². The number of allylic oxidation sites excluding steroid dienone is 1. The van der Waals surface area contributed by atoms with Crippen molar-refractivity contribution in [1.29, 1.82) is 0 Å². The molecule has 2 nitrogen and oxygen atoms in total. The fraction of sp³-hybridized carbons (Fsp3) is 0.250. The second kappa shape index (κ2) is 4.13. The van der Waals surface area contributed by atoms with Crippen LogP contribution >= 0.6 is 0 Å². The van der Waals surface area contributed by atoms with Crippen molar-refractivity contribution >= 4 is 30.7 Å². The molecule has 1 heterocycles. The summed E-state index contributed by atoms with van der Waals surface area (Å²) in [4.78, 5) is 17.2. The Balaban J connectivity index is 2.27. The molecule has 1 aromatic heterocycles.